The van der Waals surface area contributed by atoms with Crippen molar-refractivity contribution in [2.24, 2.45) is 0 Å². The van der Waals surface area contributed by atoms with Crippen molar-refractivity contribution in [3.05, 3.63) is 11.4 Å². The van der Waals surface area contributed by atoms with E-state index in [1.54, 1.807) is 6.92 Å². The molecule has 0 N–H and O–H groups in total. The minimum Gasteiger partial charge on any atom is -0.466 e. The van der Waals surface area contributed by atoms with Crippen molar-refractivity contribution < 1.29 is 9.53 Å². The third-order valence-electron chi connectivity index (χ3n) is 0.733. The maximum absolute atomic E-state index is 10.4. The Morgan fingerprint density at radius 3 is 2.89 bits per heavy atom. The van der Waals surface area contributed by atoms with E-state index in [-0.39, 0.29) is 18.9 Å². The van der Waals surface area contributed by atoms with Crippen molar-refractivity contribution in [1.29, 1.82) is 0 Å². The lowest BCUT2D eigenvalue weighted by molar-refractivity contribution is -0.142. The number of hydrogen-bond acceptors (Lipinski definition) is 2. The fraction of sp³-hybridized carbons (Fsp3) is 0.667. The first-order chi connectivity index (χ1) is 4.31. The Labute approximate surface area is 54.4 Å². The number of carbonyl (C=O) groups excluding carboxylic acids is 1. The van der Waals surface area contributed by atoms with Crippen molar-refractivity contribution in [1.82, 2.24) is 0 Å². The average Bonchev–Trinajstić information content (AvgIpc) is 1.85. The van der Waals surface area contributed by atoms with Crippen molar-refractivity contribution in [2.75, 3.05) is 13.2 Å². The lowest BCUT2D eigenvalue weighted by Crippen LogP contribution is -2.04. The summed E-state index contributed by atoms with van der Waals surface area (Å²) in [5, 5.41) is 0. The van der Waals surface area contributed by atoms with Crippen molar-refractivity contribution in [2.45, 2.75) is 13.3 Å². The molecule has 0 aliphatic carbocycles. The fourth-order valence-electron chi connectivity index (χ4n) is 0.380. The standard InChI is InChI=1S/C6H9NO2/c1-3-9-6(8)4-5-7-2/h3-5H2,1H3. The van der Waals surface area contributed by atoms with Crippen molar-refractivity contribution in [3.8, 4) is 0 Å². The lowest BCUT2D eigenvalue weighted by Gasteiger charge is -1.94. The average molecular weight is 127 g/mol. The van der Waals surface area contributed by atoms with Gasteiger partial charge in [0.1, 0.15) is 6.42 Å². The Bertz CT molecular complexity index is 126. The molecule has 3 nitrogen and oxygen atoms in total. The highest BCUT2D eigenvalue weighted by molar-refractivity contribution is 5.69. The van der Waals surface area contributed by atoms with Gasteiger partial charge in [-0.25, -0.2) is 6.57 Å². The Balaban J connectivity index is 3.19. The van der Waals surface area contributed by atoms with Gasteiger partial charge in [0.15, 0.2) is 0 Å². The van der Waals surface area contributed by atoms with Gasteiger partial charge in [-0.2, -0.15) is 0 Å². The van der Waals surface area contributed by atoms with Gasteiger partial charge in [0.25, 0.3) is 0 Å². The molecule has 0 aliphatic heterocycles. The van der Waals surface area contributed by atoms with E-state index < -0.39 is 0 Å². The molecule has 9 heavy (non-hydrogen) atoms. The number of carbonyl (C=O) groups is 1. The summed E-state index contributed by atoms with van der Waals surface area (Å²) in [4.78, 5) is 13.4. The molecular formula is C6H9NO2. The van der Waals surface area contributed by atoms with Crippen LogP contribution in [0.2, 0.25) is 0 Å². The van der Waals surface area contributed by atoms with Crippen LogP contribution >= 0.6 is 0 Å². The maximum atomic E-state index is 10.4. The summed E-state index contributed by atoms with van der Waals surface area (Å²) in [7, 11) is 0. The van der Waals surface area contributed by atoms with E-state index in [9.17, 15) is 4.79 Å². The molecule has 0 heterocycles. The first-order valence-electron chi connectivity index (χ1n) is 2.80. The van der Waals surface area contributed by atoms with Crippen LogP contribution in [0.5, 0.6) is 0 Å². The van der Waals surface area contributed by atoms with E-state index in [0.717, 1.165) is 0 Å². The first kappa shape index (κ1) is 7.96. The number of ether oxygens (including phenoxy) is 1. The fourth-order valence-corrected chi connectivity index (χ4v) is 0.380. The number of esters is 1. The second kappa shape index (κ2) is 5.10. The Kier molecular flexibility index (Phi) is 4.51. The highest BCUT2D eigenvalue weighted by atomic mass is 16.5. The number of hydrogen-bond donors (Lipinski definition) is 0. The molecule has 0 saturated heterocycles. The molecular weight excluding hydrogens is 118 g/mol. The molecule has 0 fully saturated rings. The molecule has 0 aromatic carbocycles. The van der Waals surface area contributed by atoms with Gasteiger partial charge in [0, 0.05) is 0 Å². The summed E-state index contributed by atoms with van der Waals surface area (Å²) in [6, 6.07) is 0. The van der Waals surface area contributed by atoms with Crippen LogP contribution < -0.4 is 0 Å². The second-order valence-electron chi connectivity index (χ2n) is 1.44. The molecule has 0 atom stereocenters. The van der Waals surface area contributed by atoms with E-state index in [1.165, 1.54) is 0 Å². The lowest BCUT2D eigenvalue weighted by atomic mass is 10.4. The summed E-state index contributed by atoms with van der Waals surface area (Å²) in [5.74, 6) is -0.284. The van der Waals surface area contributed by atoms with Gasteiger partial charge in [-0.3, -0.25) is 4.79 Å². The van der Waals surface area contributed by atoms with Crippen LogP contribution in [0.15, 0.2) is 0 Å². The predicted octanol–water partition coefficient (Wildman–Crippen LogP) is 0.859. The number of nitrogens with zero attached hydrogens (tertiary/aromatic N) is 1. The predicted molar refractivity (Wildman–Crippen MR) is 32.7 cm³/mol. The molecule has 0 bridgehead atoms. The van der Waals surface area contributed by atoms with Gasteiger partial charge < -0.3 is 9.58 Å². The van der Waals surface area contributed by atoms with E-state index in [0.29, 0.717) is 6.61 Å². The Morgan fingerprint density at radius 1 is 1.78 bits per heavy atom. The third-order valence-corrected chi connectivity index (χ3v) is 0.733. The zero-order chi connectivity index (χ0) is 7.11. The highest BCUT2D eigenvalue weighted by Crippen LogP contribution is 1.85. The van der Waals surface area contributed by atoms with Gasteiger partial charge in [0.2, 0.25) is 6.54 Å². The molecule has 0 aromatic rings. The number of rotatable bonds is 3. The van der Waals surface area contributed by atoms with Crippen LogP contribution in [-0.4, -0.2) is 19.1 Å². The van der Waals surface area contributed by atoms with E-state index in [4.69, 9.17) is 6.57 Å². The molecule has 50 valence electrons. The van der Waals surface area contributed by atoms with E-state index >= 15 is 0 Å². The molecule has 0 rings (SSSR count). The smallest absolute Gasteiger partial charge is 0.313 e. The topological polar surface area (TPSA) is 30.7 Å². The van der Waals surface area contributed by atoms with Crippen molar-refractivity contribution in [3.63, 3.8) is 0 Å². The molecule has 0 spiro atoms. The van der Waals surface area contributed by atoms with Gasteiger partial charge >= 0.3 is 5.97 Å². The summed E-state index contributed by atoms with van der Waals surface area (Å²) < 4.78 is 4.56. The molecule has 0 radical (unpaired) electrons. The summed E-state index contributed by atoms with van der Waals surface area (Å²) in [6.45, 7) is 8.73. The largest absolute Gasteiger partial charge is 0.466 e. The molecule has 0 saturated carbocycles. The SMILES string of the molecule is [C-]#[N+]CCC(=O)OCC. The van der Waals surface area contributed by atoms with Crippen LogP contribution in [0.25, 0.3) is 4.85 Å². The molecule has 0 aliphatic rings. The van der Waals surface area contributed by atoms with Gasteiger partial charge in [0.05, 0.1) is 6.61 Å². The zero-order valence-electron chi connectivity index (χ0n) is 5.39. The van der Waals surface area contributed by atoms with Crippen LogP contribution in [0.1, 0.15) is 13.3 Å². The van der Waals surface area contributed by atoms with E-state index in [2.05, 4.69) is 9.58 Å². The summed E-state index contributed by atoms with van der Waals surface area (Å²) in [6.07, 6.45) is 0.220. The van der Waals surface area contributed by atoms with Crippen LogP contribution in [0, 0.1) is 6.57 Å². The van der Waals surface area contributed by atoms with Crippen LogP contribution in [0.4, 0.5) is 0 Å². The molecule has 0 amide bonds. The van der Waals surface area contributed by atoms with Gasteiger partial charge in [-0.05, 0) is 6.92 Å². The molecule has 0 aromatic heterocycles. The Hall–Kier alpha value is -1.04. The van der Waals surface area contributed by atoms with Crippen LogP contribution in [-0.2, 0) is 9.53 Å². The van der Waals surface area contributed by atoms with Crippen molar-refractivity contribution >= 4 is 5.97 Å². The second-order valence-corrected chi connectivity index (χ2v) is 1.44. The van der Waals surface area contributed by atoms with Gasteiger partial charge in [-0.1, -0.05) is 0 Å². The quantitative estimate of drug-likeness (QED) is 0.416. The first-order valence-corrected chi connectivity index (χ1v) is 2.80. The van der Waals surface area contributed by atoms with Crippen LogP contribution in [0.3, 0.4) is 0 Å². The monoisotopic (exact) mass is 127 g/mol. The maximum Gasteiger partial charge on any atom is 0.313 e. The Morgan fingerprint density at radius 2 is 2.44 bits per heavy atom. The normalized spacial score (nSPS) is 8.00. The van der Waals surface area contributed by atoms with E-state index in [1.807, 2.05) is 0 Å². The minimum atomic E-state index is -0.284. The van der Waals surface area contributed by atoms with Gasteiger partial charge in [-0.15, -0.1) is 0 Å². The minimum absolute atomic E-state index is 0.220. The third kappa shape index (κ3) is 4.82. The summed E-state index contributed by atoms with van der Waals surface area (Å²) >= 11 is 0. The zero-order valence-corrected chi connectivity index (χ0v) is 5.39. The molecule has 0 unspecified atom stereocenters. The summed E-state index contributed by atoms with van der Waals surface area (Å²) in [5.41, 5.74) is 0. The highest BCUT2D eigenvalue weighted by Gasteiger charge is 2.00. The molecule has 3 heteroatoms.